The van der Waals surface area contributed by atoms with Gasteiger partial charge in [-0.1, -0.05) is 84.9 Å². The van der Waals surface area contributed by atoms with Crippen molar-refractivity contribution >= 4 is 32.7 Å². The number of para-hydroxylation sites is 1. The Hall–Kier alpha value is -4.69. The molecule has 2 nitrogen and oxygen atoms in total. The van der Waals surface area contributed by atoms with Crippen LogP contribution in [0.5, 0.6) is 0 Å². The summed E-state index contributed by atoms with van der Waals surface area (Å²) in [5.41, 5.74) is 12.2. The number of pyridine rings is 1. The van der Waals surface area contributed by atoms with Gasteiger partial charge in [-0.3, -0.25) is 4.98 Å². The second-order valence-corrected chi connectivity index (χ2v) is 9.21. The van der Waals surface area contributed by atoms with Gasteiger partial charge in [0.05, 0.1) is 22.2 Å². The van der Waals surface area contributed by atoms with Gasteiger partial charge in [-0.05, 0) is 63.7 Å². The normalized spacial score (nSPS) is 12.0. The third kappa shape index (κ3) is 2.51. The molecule has 162 valence electrons. The van der Waals surface area contributed by atoms with Crippen LogP contribution in [0.2, 0.25) is 0 Å². The Bertz CT molecular complexity index is 1910. The molecule has 0 spiro atoms. The molecule has 0 radical (unpaired) electrons. The quantitative estimate of drug-likeness (QED) is 0.261. The van der Waals surface area contributed by atoms with Gasteiger partial charge in [0, 0.05) is 22.4 Å². The minimum absolute atomic E-state index is 1.05. The van der Waals surface area contributed by atoms with Crippen LogP contribution in [0.25, 0.3) is 71.8 Å². The van der Waals surface area contributed by atoms with E-state index in [4.69, 9.17) is 4.98 Å². The average molecular weight is 445 g/mol. The molecule has 0 atom stereocenters. The van der Waals surface area contributed by atoms with E-state index in [2.05, 4.69) is 120 Å². The third-order valence-corrected chi connectivity index (χ3v) is 7.40. The number of hydrogen-bond acceptors (Lipinski definition) is 1. The van der Waals surface area contributed by atoms with Gasteiger partial charge in [-0.25, -0.2) is 0 Å². The molecule has 0 amide bonds. The van der Waals surface area contributed by atoms with Crippen LogP contribution in [0, 0.1) is 0 Å². The molecule has 0 bridgehead atoms. The molecule has 0 saturated carbocycles. The SMILES string of the molecule is c1ccc(-c2ccc3c(c2)c2ccccc2n3-c2ccc3c4c(ccnc24)-c2ccccc2-3)cc1. The largest absolute Gasteiger partial charge is 0.307 e. The third-order valence-electron chi connectivity index (χ3n) is 7.40. The van der Waals surface area contributed by atoms with Gasteiger partial charge >= 0.3 is 0 Å². The lowest BCUT2D eigenvalue weighted by atomic mass is 10.0. The maximum Gasteiger partial charge on any atom is 0.0954 e. The van der Waals surface area contributed by atoms with Crippen LogP contribution >= 0.6 is 0 Å². The van der Waals surface area contributed by atoms with Crippen molar-refractivity contribution < 1.29 is 0 Å². The summed E-state index contributed by atoms with van der Waals surface area (Å²) in [6.07, 6.45) is 1.95. The molecule has 7 aromatic rings. The summed E-state index contributed by atoms with van der Waals surface area (Å²) in [4.78, 5) is 4.94. The number of nitrogens with zero attached hydrogens (tertiary/aromatic N) is 2. The molecular weight excluding hydrogens is 424 g/mol. The van der Waals surface area contributed by atoms with E-state index in [1.807, 2.05) is 6.20 Å². The first kappa shape index (κ1) is 18.7. The van der Waals surface area contributed by atoms with Crippen molar-refractivity contribution in [1.82, 2.24) is 9.55 Å². The van der Waals surface area contributed by atoms with Gasteiger partial charge in [-0.2, -0.15) is 0 Å². The van der Waals surface area contributed by atoms with Crippen LogP contribution in [0.1, 0.15) is 0 Å². The van der Waals surface area contributed by atoms with E-state index in [1.54, 1.807) is 0 Å². The van der Waals surface area contributed by atoms with Gasteiger partial charge in [-0.15, -0.1) is 0 Å². The summed E-state index contributed by atoms with van der Waals surface area (Å²) >= 11 is 0. The lowest BCUT2D eigenvalue weighted by Crippen LogP contribution is -1.97. The van der Waals surface area contributed by atoms with Crippen molar-refractivity contribution in [2.24, 2.45) is 0 Å². The van der Waals surface area contributed by atoms with Crippen molar-refractivity contribution in [3.63, 3.8) is 0 Å². The highest BCUT2D eigenvalue weighted by Crippen LogP contribution is 2.48. The lowest BCUT2D eigenvalue weighted by Gasteiger charge is -2.12. The second-order valence-electron chi connectivity index (χ2n) is 9.21. The molecule has 8 rings (SSSR count). The minimum atomic E-state index is 1.05. The first-order chi connectivity index (χ1) is 17.4. The van der Waals surface area contributed by atoms with Crippen LogP contribution in [0.15, 0.2) is 121 Å². The van der Waals surface area contributed by atoms with Gasteiger partial charge in [0.2, 0.25) is 0 Å². The second kappa shape index (κ2) is 6.91. The Labute approximate surface area is 202 Å². The Kier molecular flexibility index (Phi) is 3.69. The van der Waals surface area contributed by atoms with Crippen molar-refractivity contribution in [3.8, 4) is 39.1 Å². The molecule has 0 fully saturated rings. The number of benzene rings is 5. The summed E-state index contributed by atoms with van der Waals surface area (Å²) < 4.78 is 2.39. The van der Waals surface area contributed by atoms with Gasteiger partial charge < -0.3 is 4.57 Å². The predicted octanol–water partition coefficient (Wildman–Crippen LogP) is 8.65. The summed E-state index contributed by atoms with van der Waals surface area (Å²) in [6, 6.07) is 41.5. The van der Waals surface area contributed by atoms with Gasteiger partial charge in [0.1, 0.15) is 0 Å². The minimum Gasteiger partial charge on any atom is -0.307 e. The Morgan fingerprint density at radius 1 is 0.486 bits per heavy atom. The molecule has 5 aromatic carbocycles. The van der Waals surface area contributed by atoms with E-state index in [9.17, 15) is 0 Å². The zero-order valence-corrected chi connectivity index (χ0v) is 18.9. The molecule has 0 saturated heterocycles. The smallest absolute Gasteiger partial charge is 0.0954 e. The highest BCUT2D eigenvalue weighted by atomic mass is 15.0. The van der Waals surface area contributed by atoms with E-state index in [0.717, 1.165) is 11.2 Å². The maximum atomic E-state index is 4.94. The first-order valence-corrected chi connectivity index (χ1v) is 12.0. The van der Waals surface area contributed by atoms with Gasteiger partial charge in [0.25, 0.3) is 0 Å². The zero-order chi connectivity index (χ0) is 22.9. The van der Waals surface area contributed by atoms with Crippen LogP contribution in [-0.4, -0.2) is 9.55 Å². The fourth-order valence-electron chi connectivity index (χ4n) is 5.88. The van der Waals surface area contributed by atoms with Crippen molar-refractivity contribution in [2.75, 3.05) is 0 Å². The number of rotatable bonds is 2. The molecule has 0 N–H and O–H groups in total. The number of aromatic nitrogens is 2. The van der Waals surface area contributed by atoms with Crippen LogP contribution in [0.4, 0.5) is 0 Å². The van der Waals surface area contributed by atoms with E-state index in [-0.39, 0.29) is 0 Å². The van der Waals surface area contributed by atoms with E-state index in [1.165, 1.54) is 60.6 Å². The van der Waals surface area contributed by atoms with Crippen molar-refractivity contribution in [2.45, 2.75) is 0 Å². The summed E-state index contributed by atoms with van der Waals surface area (Å²) in [7, 11) is 0. The molecule has 2 heterocycles. The fraction of sp³-hybridized carbons (Fsp3) is 0. The Morgan fingerprint density at radius 3 is 2.06 bits per heavy atom. The molecule has 0 unspecified atom stereocenters. The molecule has 2 aromatic heterocycles. The monoisotopic (exact) mass is 444 g/mol. The molecule has 35 heavy (non-hydrogen) atoms. The molecule has 1 aliphatic rings. The highest BCUT2D eigenvalue weighted by Gasteiger charge is 2.24. The zero-order valence-electron chi connectivity index (χ0n) is 18.9. The number of hydrogen-bond donors (Lipinski definition) is 0. The van der Waals surface area contributed by atoms with E-state index >= 15 is 0 Å². The highest BCUT2D eigenvalue weighted by molar-refractivity contribution is 6.17. The standard InChI is InChI=1S/C33H20N2/c1-2-8-21(9-3-1)22-14-16-30-28(20-22)25-12-6-7-13-29(25)35(30)31-17-15-26-23-10-4-5-11-24(23)27-18-19-34-33(31)32(26)27/h1-20H. The molecule has 1 aliphatic carbocycles. The summed E-state index contributed by atoms with van der Waals surface area (Å²) in [5.74, 6) is 0. The van der Waals surface area contributed by atoms with E-state index < -0.39 is 0 Å². The topological polar surface area (TPSA) is 17.8 Å². The molecular formula is C33H20N2. The predicted molar refractivity (Wildman–Crippen MR) is 146 cm³/mol. The maximum absolute atomic E-state index is 4.94. The van der Waals surface area contributed by atoms with Gasteiger partial charge in [0.15, 0.2) is 0 Å². The Balaban J connectivity index is 1.46. The average Bonchev–Trinajstić information content (AvgIpc) is 3.44. The fourth-order valence-corrected chi connectivity index (χ4v) is 5.88. The van der Waals surface area contributed by atoms with Crippen LogP contribution in [-0.2, 0) is 0 Å². The van der Waals surface area contributed by atoms with Crippen molar-refractivity contribution in [3.05, 3.63) is 121 Å². The lowest BCUT2D eigenvalue weighted by molar-refractivity contribution is 1.18. The molecule has 2 heteroatoms. The summed E-state index contributed by atoms with van der Waals surface area (Å²) in [6.45, 7) is 0. The first-order valence-electron chi connectivity index (χ1n) is 12.0. The number of fused-ring (bicyclic) bond motifs is 6. The van der Waals surface area contributed by atoms with Crippen molar-refractivity contribution in [1.29, 1.82) is 0 Å². The Morgan fingerprint density at radius 2 is 1.20 bits per heavy atom. The van der Waals surface area contributed by atoms with Crippen LogP contribution < -0.4 is 0 Å². The summed E-state index contributed by atoms with van der Waals surface area (Å²) in [5, 5.41) is 3.76. The van der Waals surface area contributed by atoms with Crippen LogP contribution in [0.3, 0.4) is 0 Å². The van der Waals surface area contributed by atoms with E-state index in [0.29, 0.717) is 0 Å². The molecule has 0 aliphatic heterocycles.